The van der Waals surface area contributed by atoms with Crippen LogP contribution in [0.1, 0.15) is 0 Å². The number of sulfonamides is 1. The number of anilines is 1. The zero-order valence-electron chi connectivity index (χ0n) is 9.00. The molecule has 17 heavy (non-hydrogen) atoms. The second kappa shape index (κ2) is 3.30. The van der Waals surface area contributed by atoms with Gasteiger partial charge >= 0.3 is 0 Å². The largest absolute Gasteiger partial charge is 0.265 e. The molecule has 0 fully saturated rings. The molecule has 1 aliphatic rings. The number of benzene rings is 1. The normalized spacial score (nSPS) is 16.4. The lowest BCUT2D eigenvalue weighted by atomic mass is 10.2. The zero-order chi connectivity index (χ0) is 12.0. The molecule has 0 saturated heterocycles. The van der Waals surface area contributed by atoms with Gasteiger partial charge in [-0.15, -0.1) is 6.58 Å². The van der Waals surface area contributed by atoms with Crippen molar-refractivity contribution < 1.29 is 8.42 Å². The van der Waals surface area contributed by atoms with Crippen molar-refractivity contribution >= 4 is 26.6 Å². The van der Waals surface area contributed by atoms with Gasteiger partial charge in [0.15, 0.2) is 0 Å². The van der Waals surface area contributed by atoms with Crippen LogP contribution in [0.15, 0.2) is 48.0 Å². The van der Waals surface area contributed by atoms with Crippen molar-refractivity contribution in [2.75, 3.05) is 10.8 Å². The van der Waals surface area contributed by atoms with Gasteiger partial charge in [-0.05, 0) is 18.2 Å². The van der Waals surface area contributed by atoms with E-state index in [0.717, 1.165) is 0 Å². The quantitative estimate of drug-likeness (QED) is 0.761. The molecule has 0 saturated carbocycles. The van der Waals surface area contributed by atoms with Gasteiger partial charge in [0.05, 0.1) is 17.7 Å². The van der Waals surface area contributed by atoms with Gasteiger partial charge in [0.2, 0.25) is 0 Å². The number of hydrogen-bond acceptors (Lipinski definition) is 3. The maximum absolute atomic E-state index is 12.3. The van der Waals surface area contributed by atoms with Crippen LogP contribution in [-0.4, -0.2) is 19.9 Å². The van der Waals surface area contributed by atoms with Crippen LogP contribution in [0.3, 0.4) is 0 Å². The van der Waals surface area contributed by atoms with E-state index in [0.29, 0.717) is 21.5 Å². The summed E-state index contributed by atoms with van der Waals surface area (Å²) in [6, 6.07) is 6.96. The molecule has 0 amide bonds. The van der Waals surface area contributed by atoms with Gasteiger partial charge in [0, 0.05) is 11.6 Å². The zero-order valence-corrected chi connectivity index (χ0v) is 9.81. The van der Waals surface area contributed by atoms with Crippen molar-refractivity contribution in [3.8, 4) is 0 Å². The van der Waals surface area contributed by atoms with Gasteiger partial charge < -0.3 is 0 Å². The molecule has 0 unspecified atom stereocenters. The average molecular weight is 246 g/mol. The molecule has 1 aromatic heterocycles. The van der Waals surface area contributed by atoms with E-state index in [9.17, 15) is 8.42 Å². The second-order valence-corrected chi connectivity index (χ2v) is 5.64. The lowest BCUT2D eigenvalue weighted by Gasteiger charge is -2.15. The maximum Gasteiger partial charge on any atom is 0.265 e. The van der Waals surface area contributed by atoms with Crippen LogP contribution in [-0.2, 0) is 10.0 Å². The van der Waals surface area contributed by atoms with Crippen molar-refractivity contribution in [1.29, 1.82) is 0 Å². The third kappa shape index (κ3) is 1.23. The summed E-state index contributed by atoms with van der Waals surface area (Å²) in [5.41, 5.74) is 1.39. The number of rotatable bonds is 2. The van der Waals surface area contributed by atoms with Crippen molar-refractivity contribution in [2.45, 2.75) is 4.90 Å². The molecule has 4 nitrogen and oxygen atoms in total. The molecular weight excluding hydrogens is 236 g/mol. The highest BCUT2D eigenvalue weighted by Crippen LogP contribution is 2.40. The van der Waals surface area contributed by atoms with E-state index in [-0.39, 0.29) is 6.54 Å². The SMILES string of the molecule is C=CCN1c2cccc3nccc(c23)S1(=O)=O. The fourth-order valence-electron chi connectivity index (χ4n) is 2.14. The first-order chi connectivity index (χ1) is 8.16. The molecule has 0 atom stereocenters. The Bertz CT molecular complexity index is 717. The first-order valence-corrected chi connectivity index (χ1v) is 6.61. The molecule has 3 rings (SSSR count). The average Bonchev–Trinajstić information content (AvgIpc) is 2.54. The molecule has 1 aliphatic heterocycles. The molecule has 0 bridgehead atoms. The molecule has 86 valence electrons. The van der Waals surface area contributed by atoms with Crippen LogP contribution < -0.4 is 4.31 Å². The summed E-state index contributed by atoms with van der Waals surface area (Å²) in [6.45, 7) is 3.87. The van der Waals surface area contributed by atoms with Crippen LogP contribution in [0.4, 0.5) is 5.69 Å². The molecule has 2 aromatic rings. The summed E-state index contributed by atoms with van der Waals surface area (Å²) in [4.78, 5) is 4.52. The minimum atomic E-state index is -3.44. The Morgan fingerprint density at radius 1 is 1.35 bits per heavy atom. The highest BCUT2D eigenvalue weighted by atomic mass is 32.2. The lowest BCUT2D eigenvalue weighted by Crippen LogP contribution is -2.26. The van der Waals surface area contributed by atoms with Crippen LogP contribution in [0, 0.1) is 0 Å². The summed E-state index contributed by atoms with van der Waals surface area (Å²) in [5, 5.41) is 0.705. The Labute approximate surface area is 99.3 Å². The smallest absolute Gasteiger partial charge is 0.262 e. The maximum atomic E-state index is 12.3. The standard InChI is InChI=1S/C12H10N2O2S/c1-2-8-14-10-5-3-4-9-12(10)11(6-7-13-9)17(14,15)16/h2-7H,1,8H2. The fourth-order valence-corrected chi connectivity index (χ4v) is 3.79. The van der Waals surface area contributed by atoms with Crippen molar-refractivity contribution in [3.63, 3.8) is 0 Å². The highest BCUT2D eigenvalue weighted by molar-refractivity contribution is 7.93. The summed E-state index contributed by atoms with van der Waals surface area (Å²) in [6.07, 6.45) is 3.10. The first-order valence-electron chi connectivity index (χ1n) is 5.17. The number of hydrogen-bond donors (Lipinski definition) is 0. The molecular formula is C12H10N2O2S. The third-order valence-corrected chi connectivity index (χ3v) is 4.66. The van der Waals surface area contributed by atoms with Crippen LogP contribution in [0.5, 0.6) is 0 Å². The van der Waals surface area contributed by atoms with E-state index in [4.69, 9.17) is 0 Å². The molecule has 5 heteroatoms. The predicted molar refractivity (Wildman–Crippen MR) is 66.5 cm³/mol. The van der Waals surface area contributed by atoms with E-state index < -0.39 is 10.0 Å². The van der Waals surface area contributed by atoms with Crippen LogP contribution >= 0.6 is 0 Å². The van der Waals surface area contributed by atoms with Crippen molar-refractivity contribution in [2.24, 2.45) is 0 Å². The Hall–Kier alpha value is -1.88. The van der Waals surface area contributed by atoms with E-state index in [1.165, 1.54) is 10.5 Å². The Kier molecular flexibility index (Phi) is 2.00. The summed E-state index contributed by atoms with van der Waals surface area (Å²) in [7, 11) is -3.44. The van der Waals surface area contributed by atoms with E-state index in [2.05, 4.69) is 11.6 Å². The Balaban J connectivity index is 2.45. The molecule has 1 aromatic carbocycles. The van der Waals surface area contributed by atoms with Gasteiger partial charge in [-0.25, -0.2) is 8.42 Å². The van der Waals surface area contributed by atoms with Gasteiger partial charge in [0.25, 0.3) is 10.0 Å². The molecule has 0 aliphatic carbocycles. The van der Waals surface area contributed by atoms with Gasteiger partial charge in [-0.3, -0.25) is 9.29 Å². The molecule has 0 radical (unpaired) electrons. The molecule has 0 spiro atoms. The van der Waals surface area contributed by atoms with E-state index >= 15 is 0 Å². The Morgan fingerprint density at radius 2 is 2.18 bits per heavy atom. The first kappa shape index (κ1) is 10.3. The fraction of sp³-hybridized carbons (Fsp3) is 0.0833. The van der Waals surface area contributed by atoms with Gasteiger partial charge in [0.1, 0.15) is 4.90 Å². The monoisotopic (exact) mass is 246 g/mol. The predicted octanol–water partition coefficient (Wildman–Crippen LogP) is 1.93. The van der Waals surface area contributed by atoms with Crippen molar-refractivity contribution in [3.05, 3.63) is 43.1 Å². The van der Waals surface area contributed by atoms with Crippen LogP contribution in [0.25, 0.3) is 10.9 Å². The summed E-state index contributed by atoms with van der Waals surface area (Å²) >= 11 is 0. The summed E-state index contributed by atoms with van der Waals surface area (Å²) < 4.78 is 26.0. The van der Waals surface area contributed by atoms with Crippen LogP contribution in [0.2, 0.25) is 0 Å². The third-order valence-electron chi connectivity index (χ3n) is 2.84. The second-order valence-electron chi connectivity index (χ2n) is 3.81. The van der Waals surface area contributed by atoms with Gasteiger partial charge in [-0.1, -0.05) is 12.1 Å². The Morgan fingerprint density at radius 3 is 2.94 bits per heavy atom. The van der Waals surface area contributed by atoms with Gasteiger partial charge in [-0.2, -0.15) is 0 Å². The highest BCUT2D eigenvalue weighted by Gasteiger charge is 2.34. The lowest BCUT2D eigenvalue weighted by molar-refractivity contribution is 0.595. The minimum absolute atomic E-state index is 0.274. The molecule has 2 heterocycles. The van der Waals surface area contributed by atoms with Crippen molar-refractivity contribution in [1.82, 2.24) is 4.98 Å². The topological polar surface area (TPSA) is 50.3 Å². The summed E-state index contributed by atoms with van der Waals surface area (Å²) in [5.74, 6) is 0. The number of aromatic nitrogens is 1. The van der Waals surface area contributed by atoms with E-state index in [1.807, 2.05) is 12.1 Å². The van der Waals surface area contributed by atoms with E-state index in [1.54, 1.807) is 18.2 Å². The number of pyridine rings is 1. The minimum Gasteiger partial charge on any atom is -0.262 e. The number of nitrogens with zero attached hydrogens (tertiary/aromatic N) is 2. The molecule has 0 N–H and O–H groups in total.